The van der Waals surface area contributed by atoms with Crippen molar-refractivity contribution in [2.45, 2.75) is 27.7 Å². The van der Waals surface area contributed by atoms with Crippen LogP contribution in [0.5, 0.6) is 0 Å². The van der Waals surface area contributed by atoms with Gasteiger partial charge < -0.3 is 4.79 Å². The van der Waals surface area contributed by atoms with E-state index in [9.17, 15) is 4.79 Å². The van der Waals surface area contributed by atoms with Crippen LogP contribution >= 0.6 is 0 Å². The van der Waals surface area contributed by atoms with Gasteiger partial charge in [0.25, 0.3) is 0 Å². The normalized spacial score (nSPS) is 25.8. The summed E-state index contributed by atoms with van der Waals surface area (Å²) in [6, 6.07) is 0. The van der Waals surface area contributed by atoms with Crippen molar-refractivity contribution >= 4 is 6.29 Å². The van der Waals surface area contributed by atoms with Gasteiger partial charge in [-0.1, -0.05) is 13.8 Å². The number of allylic oxidation sites excluding steroid dienone is 1. The van der Waals surface area contributed by atoms with Gasteiger partial charge in [-0.25, -0.2) is 0 Å². The molecular weight excluding hydrogens is 136 g/mol. The summed E-state index contributed by atoms with van der Waals surface area (Å²) in [5, 5.41) is 0. The molecule has 0 spiro atoms. The maximum atomic E-state index is 10.5. The molecule has 1 fully saturated rings. The molecule has 1 rings (SSSR count). The average Bonchev–Trinajstić information content (AvgIpc) is 2.33. The standard InChI is InChI=1S/C10H14O/c1-7(2)5-8-9(6-11)10(8,3)4/h6,9H,1-4H3/t9-/m1/s1. The average molecular weight is 150 g/mol. The van der Waals surface area contributed by atoms with Crippen LogP contribution in [0.25, 0.3) is 0 Å². The maximum Gasteiger partial charge on any atom is 0.128 e. The van der Waals surface area contributed by atoms with Crippen molar-refractivity contribution in [1.82, 2.24) is 0 Å². The summed E-state index contributed by atoms with van der Waals surface area (Å²) in [4.78, 5) is 10.5. The molecule has 1 nitrogen and oxygen atoms in total. The van der Waals surface area contributed by atoms with Gasteiger partial charge in [0.1, 0.15) is 6.29 Å². The quantitative estimate of drug-likeness (QED) is 0.414. The van der Waals surface area contributed by atoms with E-state index in [1.54, 1.807) is 0 Å². The highest BCUT2D eigenvalue weighted by atomic mass is 16.1. The molecule has 1 aliphatic carbocycles. The van der Waals surface area contributed by atoms with Crippen molar-refractivity contribution in [2.24, 2.45) is 11.3 Å². The minimum absolute atomic E-state index is 0.0824. The number of carbonyl (C=O) groups is 1. The molecule has 1 saturated carbocycles. The molecule has 11 heavy (non-hydrogen) atoms. The van der Waals surface area contributed by atoms with Crippen LogP contribution in [0.3, 0.4) is 0 Å². The van der Waals surface area contributed by atoms with E-state index in [0.717, 1.165) is 17.4 Å². The summed E-state index contributed by atoms with van der Waals surface area (Å²) >= 11 is 0. The Labute approximate surface area is 67.8 Å². The van der Waals surface area contributed by atoms with Crippen molar-refractivity contribution < 1.29 is 4.79 Å². The molecule has 0 saturated heterocycles. The highest BCUT2D eigenvalue weighted by Crippen LogP contribution is 2.55. The van der Waals surface area contributed by atoms with Crippen LogP contribution in [0, 0.1) is 11.3 Å². The van der Waals surface area contributed by atoms with Crippen LogP contribution in [0.15, 0.2) is 16.9 Å². The fourth-order valence-electron chi connectivity index (χ4n) is 1.33. The lowest BCUT2D eigenvalue weighted by molar-refractivity contribution is -0.109. The summed E-state index contributed by atoms with van der Waals surface area (Å²) in [7, 11) is 0. The smallest absolute Gasteiger partial charge is 0.128 e. The minimum Gasteiger partial charge on any atom is -0.303 e. The second kappa shape index (κ2) is 2.35. The van der Waals surface area contributed by atoms with Gasteiger partial charge in [0.05, 0.1) is 5.92 Å². The number of hydrogen-bond acceptors (Lipinski definition) is 1. The van der Waals surface area contributed by atoms with Crippen molar-refractivity contribution in [2.75, 3.05) is 0 Å². The Hall–Kier alpha value is -0.810. The molecule has 1 atom stereocenters. The van der Waals surface area contributed by atoms with Crippen molar-refractivity contribution in [3.63, 3.8) is 0 Å². The van der Waals surface area contributed by atoms with E-state index < -0.39 is 0 Å². The second-order valence-corrected chi connectivity index (χ2v) is 3.87. The van der Waals surface area contributed by atoms with E-state index >= 15 is 0 Å². The molecule has 0 aromatic carbocycles. The first kappa shape index (κ1) is 8.29. The Morgan fingerprint density at radius 3 is 2.36 bits per heavy atom. The predicted molar refractivity (Wildman–Crippen MR) is 45.2 cm³/mol. The molecule has 0 unspecified atom stereocenters. The largest absolute Gasteiger partial charge is 0.303 e. The molecule has 0 heterocycles. The molecule has 0 amide bonds. The molecule has 0 aromatic rings. The van der Waals surface area contributed by atoms with E-state index in [0.29, 0.717) is 0 Å². The predicted octanol–water partition coefficient (Wildman–Crippen LogP) is 2.33. The third-order valence-corrected chi connectivity index (χ3v) is 2.22. The van der Waals surface area contributed by atoms with Crippen LogP contribution in [0.4, 0.5) is 0 Å². The number of hydrogen-bond donors (Lipinski definition) is 0. The first-order valence-electron chi connectivity index (χ1n) is 3.90. The summed E-state index contributed by atoms with van der Waals surface area (Å²) in [6.45, 7) is 8.17. The molecule has 0 aromatic heterocycles. The highest BCUT2D eigenvalue weighted by molar-refractivity contribution is 5.70. The fourth-order valence-corrected chi connectivity index (χ4v) is 1.33. The molecule has 60 valence electrons. The third-order valence-electron chi connectivity index (χ3n) is 2.22. The van der Waals surface area contributed by atoms with Crippen molar-refractivity contribution in [3.05, 3.63) is 16.9 Å². The third kappa shape index (κ3) is 1.29. The van der Waals surface area contributed by atoms with E-state index in [-0.39, 0.29) is 11.3 Å². The first-order valence-corrected chi connectivity index (χ1v) is 3.90. The Bertz CT molecular complexity index is 248. The fraction of sp³-hybridized carbons (Fsp3) is 0.600. The second-order valence-electron chi connectivity index (χ2n) is 3.87. The SMILES string of the molecule is CC(C)=C=C1[C@@H](C=O)C1(C)C. The van der Waals surface area contributed by atoms with Gasteiger partial charge in [0, 0.05) is 5.41 Å². The van der Waals surface area contributed by atoms with E-state index in [4.69, 9.17) is 0 Å². The minimum atomic E-state index is 0.0824. The van der Waals surface area contributed by atoms with Gasteiger partial charge in [0.15, 0.2) is 0 Å². The molecular formula is C10H14O. The molecule has 0 N–H and O–H groups in total. The number of carbonyl (C=O) groups excluding carboxylic acids is 1. The molecule has 0 bridgehead atoms. The lowest BCUT2D eigenvalue weighted by Crippen LogP contribution is -1.89. The Morgan fingerprint density at radius 1 is 1.55 bits per heavy atom. The topological polar surface area (TPSA) is 17.1 Å². The first-order chi connectivity index (χ1) is 5.00. The zero-order valence-corrected chi connectivity index (χ0v) is 7.56. The van der Waals surface area contributed by atoms with Gasteiger partial charge in [-0.05, 0) is 25.0 Å². The van der Waals surface area contributed by atoms with Crippen LogP contribution in [-0.4, -0.2) is 6.29 Å². The van der Waals surface area contributed by atoms with Gasteiger partial charge in [-0.3, -0.25) is 0 Å². The summed E-state index contributed by atoms with van der Waals surface area (Å²) in [5.41, 5.74) is 5.60. The monoisotopic (exact) mass is 150 g/mol. The van der Waals surface area contributed by atoms with E-state index in [1.807, 2.05) is 13.8 Å². The van der Waals surface area contributed by atoms with Crippen molar-refractivity contribution in [1.29, 1.82) is 0 Å². The molecule has 0 aliphatic heterocycles. The Morgan fingerprint density at radius 2 is 2.09 bits per heavy atom. The zero-order valence-electron chi connectivity index (χ0n) is 7.56. The molecule has 1 heteroatoms. The highest BCUT2D eigenvalue weighted by Gasteiger charge is 2.52. The van der Waals surface area contributed by atoms with Gasteiger partial charge in [0.2, 0.25) is 0 Å². The van der Waals surface area contributed by atoms with Gasteiger partial charge >= 0.3 is 0 Å². The lowest BCUT2D eigenvalue weighted by atomic mass is 10.1. The van der Waals surface area contributed by atoms with Crippen LogP contribution in [0.1, 0.15) is 27.7 Å². The summed E-state index contributed by atoms with van der Waals surface area (Å²) in [5.74, 6) is 0.123. The van der Waals surface area contributed by atoms with Crippen LogP contribution in [-0.2, 0) is 4.79 Å². The lowest BCUT2D eigenvalue weighted by Gasteiger charge is -1.90. The molecule has 0 radical (unpaired) electrons. The Balaban J connectivity index is 2.99. The van der Waals surface area contributed by atoms with Gasteiger partial charge in [-0.15, -0.1) is 5.73 Å². The van der Waals surface area contributed by atoms with Gasteiger partial charge in [-0.2, -0.15) is 0 Å². The number of rotatable bonds is 1. The molecule has 1 aliphatic rings. The summed E-state index contributed by atoms with van der Waals surface area (Å²) in [6.07, 6.45) is 1.02. The summed E-state index contributed by atoms with van der Waals surface area (Å²) < 4.78 is 0. The van der Waals surface area contributed by atoms with Crippen molar-refractivity contribution in [3.8, 4) is 0 Å². The zero-order chi connectivity index (χ0) is 8.65. The van der Waals surface area contributed by atoms with E-state index in [2.05, 4.69) is 19.6 Å². The van der Waals surface area contributed by atoms with Crippen LogP contribution in [0.2, 0.25) is 0 Å². The number of aldehydes is 1. The Kier molecular flexibility index (Phi) is 1.77. The van der Waals surface area contributed by atoms with E-state index in [1.165, 1.54) is 0 Å². The maximum absolute atomic E-state index is 10.5. The van der Waals surface area contributed by atoms with Crippen LogP contribution < -0.4 is 0 Å².